The summed E-state index contributed by atoms with van der Waals surface area (Å²) < 4.78 is 5.08. The van der Waals surface area contributed by atoms with Gasteiger partial charge in [0, 0.05) is 12.1 Å². The van der Waals surface area contributed by atoms with Gasteiger partial charge in [-0.2, -0.15) is 0 Å². The van der Waals surface area contributed by atoms with Crippen LogP contribution in [-0.4, -0.2) is 23.0 Å². The van der Waals surface area contributed by atoms with Crippen LogP contribution in [-0.2, 0) is 6.54 Å². The van der Waals surface area contributed by atoms with Gasteiger partial charge in [-0.25, -0.2) is 4.98 Å². The molecule has 0 bridgehead atoms. The maximum Gasteiger partial charge on any atom is 0.251 e. The van der Waals surface area contributed by atoms with Crippen molar-refractivity contribution in [1.29, 1.82) is 0 Å². The fraction of sp³-hybridized carbons (Fsp3) is 0.176. The minimum atomic E-state index is -0.108. The van der Waals surface area contributed by atoms with Gasteiger partial charge in [-0.3, -0.25) is 4.79 Å². The molecular weight excluding hydrogens is 278 g/mol. The quantitative estimate of drug-likeness (QED) is 0.777. The number of H-pyrrole nitrogens is 1. The number of imidazole rings is 1. The molecule has 0 atom stereocenters. The maximum atomic E-state index is 12.1. The number of amides is 1. The molecule has 0 saturated carbocycles. The predicted molar refractivity (Wildman–Crippen MR) is 85.0 cm³/mol. The Morgan fingerprint density at radius 2 is 2.00 bits per heavy atom. The van der Waals surface area contributed by atoms with E-state index in [1.165, 1.54) is 0 Å². The van der Waals surface area contributed by atoms with E-state index >= 15 is 0 Å². The summed E-state index contributed by atoms with van der Waals surface area (Å²) in [6.45, 7) is 2.39. The van der Waals surface area contributed by atoms with E-state index in [4.69, 9.17) is 4.74 Å². The van der Waals surface area contributed by atoms with Gasteiger partial charge in [0.1, 0.15) is 11.6 Å². The van der Waals surface area contributed by atoms with Crippen LogP contribution in [0.4, 0.5) is 0 Å². The number of aromatic amines is 1. The third kappa shape index (κ3) is 2.93. The molecular formula is C17H17N3O2. The molecule has 5 heteroatoms. The number of benzene rings is 2. The third-order valence-electron chi connectivity index (χ3n) is 3.47. The lowest BCUT2D eigenvalue weighted by Crippen LogP contribution is -2.22. The van der Waals surface area contributed by atoms with Crippen LogP contribution in [0.25, 0.3) is 11.0 Å². The molecule has 22 heavy (non-hydrogen) atoms. The van der Waals surface area contributed by atoms with E-state index < -0.39 is 0 Å². The standard InChI is InChI=1S/C17H17N3O2/c1-11-19-15-8-3-12(9-16(15)20-11)10-18-17(21)13-4-6-14(22-2)7-5-13/h3-9H,10H2,1-2H3,(H,18,21)(H,19,20). The first kappa shape index (κ1) is 14.1. The van der Waals surface area contributed by atoms with E-state index in [1.807, 2.05) is 25.1 Å². The molecule has 0 saturated heterocycles. The molecule has 0 aliphatic heterocycles. The lowest BCUT2D eigenvalue weighted by atomic mass is 10.1. The Kier molecular flexibility index (Phi) is 3.78. The Labute approximate surface area is 128 Å². The van der Waals surface area contributed by atoms with Crippen molar-refractivity contribution in [3.8, 4) is 5.75 Å². The molecule has 0 spiro atoms. The van der Waals surface area contributed by atoms with E-state index in [1.54, 1.807) is 31.4 Å². The lowest BCUT2D eigenvalue weighted by molar-refractivity contribution is 0.0951. The number of methoxy groups -OCH3 is 1. The molecule has 3 rings (SSSR count). The zero-order chi connectivity index (χ0) is 15.5. The smallest absolute Gasteiger partial charge is 0.251 e. The third-order valence-corrected chi connectivity index (χ3v) is 3.47. The Hall–Kier alpha value is -2.82. The zero-order valence-corrected chi connectivity index (χ0v) is 12.5. The van der Waals surface area contributed by atoms with Gasteiger partial charge in [-0.1, -0.05) is 6.07 Å². The number of hydrogen-bond donors (Lipinski definition) is 2. The number of nitrogens with one attached hydrogen (secondary N) is 2. The van der Waals surface area contributed by atoms with Crippen molar-refractivity contribution in [3.05, 3.63) is 59.4 Å². The molecule has 1 aromatic heterocycles. The van der Waals surface area contributed by atoms with Gasteiger partial charge in [0.15, 0.2) is 0 Å². The Morgan fingerprint density at radius 1 is 1.23 bits per heavy atom. The summed E-state index contributed by atoms with van der Waals surface area (Å²) >= 11 is 0. The van der Waals surface area contributed by atoms with Crippen molar-refractivity contribution in [3.63, 3.8) is 0 Å². The summed E-state index contributed by atoms with van der Waals surface area (Å²) in [6, 6.07) is 13.0. The maximum absolute atomic E-state index is 12.1. The van der Waals surface area contributed by atoms with Crippen LogP contribution in [0.15, 0.2) is 42.5 Å². The van der Waals surface area contributed by atoms with Crippen LogP contribution in [0.3, 0.4) is 0 Å². The van der Waals surface area contributed by atoms with Crippen molar-refractivity contribution < 1.29 is 9.53 Å². The second-order valence-corrected chi connectivity index (χ2v) is 5.08. The minimum Gasteiger partial charge on any atom is -0.497 e. The predicted octanol–water partition coefficient (Wildman–Crippen LogP) is 2.81. The molecule has 1 amide bonds. The summed E-state index contributed by atoms with van der Waals surface area (Å²) in [4.78, 5) is 19.7. The second-order valence-electron chi connectivity index (χ2n) is 5.08. The van der Waals surface area contributed by atoms with Crippen LogP contribution < -0.4 is 10.1 Å². The molecule has 0 unspecified atom stereocenters. The lowest BCUT2D eigenvalue weighted by Gasteiger charge is -2.06. The number of carbonyl (C=O) groups is 1. The topological polar surface area (TPSA) is 67.0 Å². The zero-order valence-electron chi connectivity index (χ0n) is 12.5. The van der Waals surface area contributed by atoms with Crippen molar-refractivity contribution in [2.45, 2.75) is 13.5 Å². The van der Waals surface area contributed by atoms with Crippen LogP contribution in [0.5, 0.6) is 5.75 Å². The van der Waals surface area contributed by atoms with E-state index in [2.05, 4.69) is 15.3 Å². The van der Waals surface area contributed by atoms with Crippen molar-refractivity contribution in [2.24, 2.45) is 0 Å². The average molecular weight is 295 g/mol. The van der Waals surface area contributed by atoms with Crippen LogP contribution >= 0.6 is 0 Å². The number of rotatable bonds is 4. The largest absolute Gasteiger partial charge is 0.497 e. The van der Waals surface area contributed by atoms with Crippen molar-refractivity contribution in [1.82, 2.24) is 15.3 Å². The van der Waals surface area contributed by atoms with E-state index in [0.717, 1.165) is 28.2 Å². The van der Waals surface area contributed by atoms with E-state index in [9.17, 15) is 4.79 Å². The number of nitrogens with zero attached hydrogens (tertiary/aromatic N) is 1. The normalized spacial score (nSPS) is 10.6. The highest BCUT2D eigenvalue weighted by molar-refractivity contribution is 5.94. The molecule has 2 N–H and O–H groups in total. The molecule has 0 radical (unpaired) electrons. The number of hydrogen-bond acceptors (Lipinski definition) is 3. The van der Waals surface area contributed by atoms with Gasteiger partial charge in [-0.05, 0) is 48.9 Å². The van der Waals surface area contributed by atoms with Gasteiger partial charge >= 0.3 is 0 Å². The van der Waals surface area contributed by atoms with Gasteiger partial charge in [0.2, 0.25) is 0 Å². The summed E-state index contributed by atoms with van der Waals surface area (Å²) in [5, 5.41) is 2.91. The summed E-state index contributed by atoms with van der Waals surface area (Å²) in [5.74, 6) is 1.51. The number of ether oxygens (including phenoxy) is 1. The fourth-order valence-corrected chi connectivity index (χ4v) is 2.32. The molecule has 112 valence electrons. The Morgan fingerprint density at radius 3 is 2.73 bits per heavy atom. The molecule has 0 aliphatic rings. The highest BCUT2D eigenvalue weighted by Crippen LogP contribution is 2.14. The van der Waals surface area contributed by atoms with Crippen molar-refractivity contribution >= 4 is 16.9 Å². The number of carbonyl (C=O) groups excluding carboxylic acids is 1. The fourth-order valence-electron chi connectivity index (χ4n) is 2.32. The number of aryl methyl sites for hydroxylation is 1. The first-order valence-electron chi connectivity index (χ1n) is 7.03. The molecule has 3 aromatic rings. The van der Waals surface area contributed by atoms with Gasteiger partial charge in [0.25, 0.3) is 5.91 Å². The van der Waals surface area contributed by atoms with Crippen LogP contribution in [0.2, 0.25) is 0 Å². The van der Waals surface area contributed by atoms with Gasteiger partial charge < -0.3 is 15.0 Å². The highest BCUT2D eigenvalue weighted by Gasteiger charge is 2.06. The summed E-state index contributed by atoms with van der Waals surface area (Å²) in [6.07, 6.45) is 0. The summed E-state index contributed by atoms with van der Waals surface area (Å²) in [5.41, 5.74) is 3.55. The molecule has 5 nitrogen and oxygen atoms in total. The minimum absolute atomic E-state index is 0.108. The summed E-state index contributed by atoms with van der Waals surface area (Å²) in [7, 11) is 1.60. The second kappa shape index (κ2) is 5.89. The SMILES string of the molecule is COc1ccc(C(=O)NCc2ccc3nc(C)[nH]c3c2)cc1. The molecule has 2 aromatic carbocycles. The first-order chi connectivity index (χ1) is 10.7. The Balaban J connectivity index is 1.68. The Bertz CT molecular complexity index is 806. The monoisotopic (exact) mass is 295 g/mol. The highest BCUT2D eigenvalue weighted by atomic mass is 16.5. The van der Waals surface area contributed by atoms with E-state index in [0.29, 0.717) is 12.1 Å². The van der Waals surface area contributed by atoms with E-state index in [-0.39, 0.29) is 5.91 Å². The molecule has 0 fully saturated rings. The number of fused-ring (bicyclic) bond motifs is 1. The van der Waals surface area contributed by atoms with Crippen LogP contribution in [0, 0.1) is 6.92 Å². The van der Waals surface area contributed by atoms with Crippen molar-refractivity contribution in [2.75, 3.05) is 7.11 Å². The average Bonchev–Trinajstić information content (AvgIpc) is 2.92. The van der Waals surface area contributed by atoms with Crippen LogP contribution in [0.1, 0.15) is 21.7 Å². The number of aromatic nitrogens is 2. The molecule has 0 aliphatic carbocycles. The first-order valence-corrected chi connectivity index (χ1v) is 7.03. The van der Waals surface area contributed by atoms with Gasteiger partial charge in [0.05, 0.1) is 18.1 Å². The van der Waals surface area contributed by atoms with Gasteiger partial charge in [-0.15, -0.1) is 0 Å². The molecule has 1 heterocycles.